The molecule has 0 bridgehead atoms. The first-order valence-electron chi connectivity index (χ1n) is 27.8. The summed E-state index contributed by atoms with van der Waals surface area (Å²) in [5.74, 6) is 0. The molecule has 0 radical (unpaired) electrons. The van der Waals surface area contributed by atoms with Crippen molar-refractivity contribution in [2.45, 2.75) is 218 Å². The van der Waals surface area contributed by atoms with Crippen LogP contribution in [0.25, 0.3) is 55.5 Å². The fourth-order valence-electron chi connectivity index (χ4n) is 12.7. The molecule has 1 aromatic heterocycles. The minimum atomic E-state index is -0.147. The average molecular weight is 960 g/mol. The van der Waals surface area contributed by atoms with Gasteiger partial charge in [0.15, 0.2) is 0 Å². The quantitative estimate of drug-likeness (QED) is 0.0332. The van der Waals surface area contributed by atoms with Crippen LogP contribution in [0.3, 0.4) is 0 Å². The Bertz CT molecular complexity index is 2270. The zero-order valence-electron chi connectivity index (χ0n) is 42.3. The summed E-state index contributed by atoms with van der Waals surface area (Å²) in [6, 6.07) is 38.7. The summed E-state index contributed by atoms with van der Waals surface area (Å²) >= 11 is -0.147. The van der Waals surface area contributed by atoms with Crippen molar-refractivity contribution in [3.8, 4) is 44.5 Å². The fraction of sp³-hybridized carbons (Fsp3) is 0.531. The Kier molecular flexibility index (Phi) is 18.3. The van der Waals surface area contributed by atoms with E-state index in [1.807, 2.05) is 0 Å². The van der Waals surface area contributed by atoms with Crippen molar-refractivity contribution in [2.75, 3.05) is 0 Å². The molecule has 2 aliphatic carbocycles. The third-order valence-electron chi connectivity index (χ3n) is 16.4. The molecule has 0 N–H and O–H groups in total. The van der Waals surface area contributed by atoms with Gasteiger partial charge in [-0.1, -0.05) is 79.1 Å². The minimum absolute atomic E-state index is 0.0610. The molecule has 0 saturated heterocycles. The molecular weight excluding hydrogens is 876 g/mol. The van der Waals surface area contributed by atoms with Crippen LogP contribution in [0.1, 0.15) is 230 Å². The number of rotatable bonds is 30. The van der Waals surface area contributed by atoms with Crippen LogP contribution in [-0.4, -0.2) is 22.9 Å². The Balaban J connectivity index is 1.14. The van der Waals surface area contributed by atoms with Crippen molar-refractivity contribution >= 4 is 26.0 Å². The molecule has 8 rings (SSSR count). The molecule has 0 atom stereocenters. The zero-order valence-corrected chi connectivity index (χ0v) is 44.1. The third-order valence-corrected chi connectivity index (χ3v) is 17.5. The number of fused-ring (bicyclic) bond motifs is 7. The second kappa shape index (κ2) is 24.7. The number of hydrogen-bond acceptors (Lipinski definition) is 2. The van der Waals surface area contributed by atoms with Crippen molar-refractivity contribution < 1.29 is 0 Å². The van der Waals surface area contributed by atoms with E-state index >= 15 is 0 Å². The molecule has 5 aromatic carbocycles. The first-order valence-corrected chi connectivity index (χ1v) is 29.4. The van der Waals surface area contributed by atoms with Gasteiger partial charge in [0.25, 0.3) is 0 Å². The van der Waals surface area contributed by atoms with E-state index in [2.05, 4.69) is 125 Å². The number of benzene rings is 5. The summed E-state index contributed by atoms with van der Waals surface area (Å²) in [5.41, 5.74) is 19.6. The van der Waals surface area contributed by atoms with Gasteiger partial charge in [-0.25, -0.2) is 0 Å². The number of aromatic nitrogens is 2. The van der Waals surface area contributed by atoms with Crippen molar-refractivity contribution in [2.24, 2.45) is 0 Å². The van der Waals surface area contributed by atoms with Gasteiger partial charge in [0.05, 0.1) is 0 Å². The summed E-state index contributed by atoms with van der Waals surface area (Å²) in [7, 11) is 0. The van der Waals surface area contributed by atoms with Gasteiger partial charge < -0.3 is 0 Å². The van der Waals surface area contributed by atoms with E-state index in [9.17, 15) is 0 Å². The van der Waals surface area contributed by atoms with E-state index in [1.54, 1.807) is 22.3 Å². The van der Waals surface area contributed by atoms with Gasteiger partial charge in [-0.3, -0.25) is 0 Å². The first kappa shape index (κ1) is 49.6. The van der Waals surface area contributed by atoms with Crippen molar-refractivity contribution in [3.05, 3.63) is 119 Å². The Hall–Kier alpha value is -3.78. The SMILES string of the molecule is CCCCCCCCC1(CCCCCCCC)c2ccccc2-c2ccc(-c3ccc(-c4ccc5c(c4)C(CCCCCCCC)(CCCCCCCC)c4ccccc4-5)c4n[se]nc34)cc21. The molecule has 1 heterocycles. The Morgan fingerprint density at radius 3 is 0.970 bits per heavy atom. The number of nitrogens with zero attached hydrogens (tertiary/aromatic N) is 2. The monoisotopic (exact) mass is 961 g/mol. The standard InChI is InChI=1S/C64H84N2Se/c1-5-9-13-17-21-29-43-63(44-30-22-18-14-10-6-2)57-35-27-25-33-53(57)55-39-37-49(47-59(55)63)51-41-42-52(62-61(51)65-67-66-62)50-38-40-56-54-34-26-28-36-58(54)64(60(56)48-50,45-31-23-19-15-11-7-3)46-32-24-20-16-12-8-4/h25-28,33-42,47-48H,5-24,29-32,43-46H2,1-4H3. The normalized spacial score (nSPS) is 14.1. The molecular formula is C64H84N2Se. The molecule has 0 spiro atoms. The van der Waals surface area contributed by atoms with E-state index in [0.717, 1.165) is 11.0 Å². The van der Waals surface area contributed by atoms with Gasteiger partial charge in [-0.05, 0) is 0 Å². The van der Waals surface area contributed by atoms with Crippen LogP contribution in [-0.2, 0) is 10.8 Å². The zero-order chi connectivity index (χ0) is 46.3. The van der Waals surface area contributed by atoms with E-state index in [-0.39, 0.29) is 25.8 Å². The first-order chi connectivity index (χ1) is 33.1. The second-order valence-corrected chi connectivity index (χ2v) is 22.1. The van der Waals surface area contributed by atoms with E-state index in [1.165, 1.54) is 224 Å². The predicted molar refractivity (Wildman–Crippen MR) is 292 cm³/mol. The maximum absolute atomic E-state index is 5.27. The van der Waals surface area contributed by atoms with Gasteiger partial charge in [0, 0.05) is 0 Å². The topological polar surface area (TPSA) is 25.8 Å². The molecule has 6 aromatic rings. The van der Waals surface area contributed by atoms with Crippen LogP contribution in [0.15, 0.2) is 97.1 Å². The average Bonchev–Trinajstić information content (AvgIpc) is 4.04. The molecule has 3 heteroatoms. The summed E-state index contributed by atoms with van der Waals surface area (Å²) in [6.45, 7) is 9.32. The van der Waals surface area contributed by atoms with Crippen LogP contribution in [0.5, 0.6) is 0 Å². The summed E-state index contributed by atoms with van der Waals surface area (Å²) in [5, 5.41) is 0. The van der Waals surface area contributed by atoms with Gasteiger partial charge in [-0.15, -0.1) is 0 Å². The van der Waals surface area contributed by atoms with E-state index < -0.39 is 0 Å². The molecule has 2 aliphatic rings. The van der Waals surface area contributed by atoms with Gasteiger partial charge >= 0.3 is 337 Å². The molecule has 0 amide bonds. The van der Waals surface area contributed by atoms with Gasteiger partial charge in [0.1, 0.15) is 0 Å². The fourth-order valence-corrected chi connectivity index (χ4v) is 13.9. The van der Waals surface area contributed by atoms with Crippen LogP contribution in [0, 0.1) is 0 Å². The molecule has 0 unspecified atom stereocenters. The summed E-state index contributed by atoms with van der Waals surface area (Å²) < 4.78 is 10.5. The molecule has 0 saturated carbocycles. The molecule has 356 valence electrons. The number of hydrogen-bond donors (Lipinski definition) is 0. The Morgan fingerprint density at radius 2 is 0.612 bits per heavy atom. The Morgan fingerprint density at radius 1 is 0.313 bits per heavy atom. The van der Waals surface area contributed by atoms with Crippen molar-refractivity contribution in [1.29, 1.82) is 0 Å². The third kappa shape index (κ3) is 11.0. The summed E-state index contributed by atoms with van der Waals surface area (Å²) in [6.07, 6.45) is 37.0. The van der Waals surface area contributed by atoms with Crippen molar-refractivity contribution in [3.63, 3.8) is 0 Å². The second-order valence-electron chi connectivity index (χ2n) is 21.0. The van der Waals surface area contributed by atoms with Crippen LogP contribution in [0.4, 0.5) is 0 Å². The van der Waals surface area contributed by atoms with Gasteiger partial charge in [0.2, 0.25) is 0 Å². The maximum atomic E-state index is 5.27. The van der Waals surface area contributed by atoms with Crippen LogP contribution < -0.4 is 0 Å². The molecule has 0 fully saturated rings. The van der Waals surface area contributed by atoms with Crippen molar-refractivity contribution in [1.82, 2.24) is 7.96 Å². The van der Waals surface area contributed by atoms with E-state index in [4.69, 9.17) is 7.96 Å². The Labute approximate surface area is 413 Å². The van der Waals surface area contributed by atoms with E-state index in [0.29, 0.717) is 0 Å². The van der Waals surface area contributed by atoms with Crippen LogP contribution >= 0.6 is 0 Å². The molecule has 2 nitrogen and oxygen atoms in total. The molecule has 0 aliphatic heterocycles. The predicted octanol–water partition coefficient (Wildman–Crippen LogP) is 19.6. The van der Waals surface area contributed by atoms with Gasteiger partial charge in [-0.2, -0.15) is 0 Å². The van der Waals surface area contributed by atoms with Crippen LogP contribution in [0.2, 0.25) is 0 Å². The number of unbranched alkanes of at least 4 members (excludes halogenated alkanes) is 20. The summed E-state index contributed by atoms with van der Waals surface area (Å²) in [4.78, 5) is 0. The molecule has 67 heavy (non-hydrogen) atoms.